The Bertz CT molecular complexity index is 558. The van der Waals surface area contributed by atoms with Crippen LogP contribution in [0.3, 0.4) is 0 Å². The number of hydrogen-bond acceptors (Lipinski definition) is 3. The van der Waals surface area contributed by atoms with Gasteiger partial charge in [-0.2, -0.15) is 0 Å². The lowest BCUT2D eigenvalue weighted by Gasteiger charge is -2.22. The second-order valence-corrected chi connectivity index (χ2v) is 4.88. The molecule has 0 radical (unpaired) electrons. The lowest BCUT2D eigenvalue weighted by Crippen LogP contribution is -2.27. The summed E-state index contributed by atoms with van der Waals surface area (Å²) in [6.07, 6.45) is 0. The quantitative estimate of drug-likeness (QED) is 0.822. The summed E-state index contributed by atoms with van der Waals surface area (Å²) in [5.41, 5.74) is 1.66. The predicted molar refractivity (Wildman–Crippen MR) is 69.1 cm³/mol. The molecule has 0 saturated carbocycles. The molecule has 1 aromatic rings. The Labute approximate surface area is 110 Å². The van der Waals surface area contributed by atoms with Crippen molar-refractivity contribution in [1.82, 2.24) is 9.80 Å². The molecule has 0 bridgehead atoms. The summed E-state index contributed by atoms with van der Waals surface area (Å²) < 4.78 is 5.32. The van der Waals surface area contributed by atoms with E-state index >= 15 is 0 Å². The zero-order chi connectivity index (χ0) is 13.6. The Morgan fingerprint density at radius 1 is 1.32 bits per heavy atom. The number of hydrogen-bond donors (Lipinski definition) is 1. The monoisotopic (exact) mass is 261 g/mol. The smallest absolute Gasteiger partial charge is 0.320 e. The average Bonchev–Trinajstić information content (AvgIpc) is 2.65. The highest BCUT2D eigenvalue weighted by molar-refractivity contribution is 5.95. The van der Waals surface area contributed by atoms with E-state index in [2.05, 4.69) is 5.32 Å². The largest absolute Gasteiger partial charge is 0.482 e. The highest BCUT2D eigenvalue weighted by Crippen LogP contribution is 2.34. The van der Waals surface area contributed by atoms with Gasteiger partial charge in [0.1, 0.15) is 5.75 Å². The first-order chi connectivity index (χ1) is 9.06. The maximum atomic E-state index is 11.8. The third-order valence-electron chi connectivity index (χ3n) is 3.56. The van der Waals surface area contributed by atoms with E-state index in [-0.39, 0.29) is 24.6 Å². The van der Waals surface area contributed by atoms with Gasteiger partial charge >= 0.3 is 6.03 Å². The van der Waals surface area contributed by atoms with Crippen LogP contribution in [0.5, 0.6) is 5.75 Å². The molecule has 6 heteroatoms. The van der Waals surface area contributed by atoms with Crippen molar-refractivity contribution < 1.29 is 14.3 Å². The number of amides is 3. The first-order valence-electron chi connectivity index (χ1n) is 6.11. The number of anilines is 1. The molecule has 19 heavy (non-hydrogen) atoms. The standard InChI is InChI=1S/C13H15N3O3/c1-15-6-10(16(2)13(15)18)8-3-4-11-9(5-8)14-12(17)7-19-11/h3-5,10H,6-7H2,1-2H3,(H,14,17). The fraction of sp³-hybridized carbons (Fsp3) is 0.385. The van der Waals surface area contributed by atoms with Crippen LogP contribution in [0.4, 0.5) is 10.5 Å². The molecule has 100 valence electrons. The molecule has 1 N–H and O–H groups in total. The van der Waals surface area contributed by atoms with Crippen LogP contribution in [0.1, 0.15) is 11.6 Å². The lowest BCUT2D eigenvalue weighted by atomic mass is 10.0. The number of fused-ring (bicyclic) bond motifs is 1. The highest BCUT2D eigenvalue weighted by Gasteiger charge is 2.33. The predicted octanol–water partition coefficient (Wildman–Crippen LogP) is 1.06. The fourth-order valence-electron chi connectivity index (χ4n) is 2.50. The molecular formula is C13H15N3O3. The third-order valence-corrected chi connectivity index (χ3v) is 3.56. The molecule has 3 rings (SSSR count). The Morgan fingerprint density at radius 2 is 2.11 bits per heavy atom. The zero-order valence-corrected chi connectivity index (χ0v) is 10.8. The van der Waals surface area contributed by atoms with E-state index in [0.29, 0.717) is 18.0 Å². The van der Waals surface area contributed by atoms with Crippen molar-refractivity contribution in [2.24, 2.45) is 0 Å². The first-order valence-corrected chi connectivity index (χ1v) is 6.11. The van der Waals surface area contributed by atoms with Crippen LogP contribution in [-0.2, 0) is 4.79 Å². The maximum Gasteiger partial charge on any atom is 0.320 e. The minimum atomic E-state index is -0.155. The SMILES string of the molecule is CN1CC(c2ccc3c(c2)NC(=O)CO3)N(C)C1=O. The molecule has 3 amide bonds. The first kappa shape index (κ1) is 11.8. The highest BCUT2D eigenvalue weighted by atomic mass is 16.5. The molecule has 2 heterocycles. The molecule has 2 aliphatic rings. The van der Waals surface area contributed by atoms with Crippen molar-refractivity contribution in [3.8, 4) is 5.75 Å². The Kier molecular flexibility index (Phi) is 2.58. The van der Waals surface area contributed by atoms with Gasteiger partial charge in [0.2, 0.25) is 0 Å². The summed E-state index contributed by atoms with van der Waals surface area (Å²) in [5.74, 6) is 0.515. The summed E-state index contributed by atoms with van der Waals surface area (Å²) >= 11 is 0. The van der Waals surface area contributed by atoms with Gasteiger partial charge in [-0.3, -0.25) is 4.79 Å². The van der Waals surface area contributed by atoms with Crippen molar-refractivity contribution in [2.45, 2.75) is 6.04 Å². The third kappa shape index (κ3) is 1.89. The van der Waals surface area contributed by atoms with E-state index in [9.17, 15) is 9.59 Å². The van der Waals surface area contributed by atoms with E-state index in [1.165, 1.54) is 0 Å². The molecular weight excluding hydrogens is 246 g/mol. The second kappa shape index (κ2) is 4.15. The van der Waals surface area contributed by atoms with Crippen molar-refractivity contribution >= 4 is 17.6 Å². The minimum absolute atomic E-state index is 0.00151. The van der Waals surface area contributed by atoms with Crippen LogP contribution in [0.2, 0.25) is 0 Å². The number of nitrogens with zero attached hydrogens (tertiary/aromatic N) is 2. The van der Waals surface area contributed by atoms with Gasteiger partial charge in [0.15, 0.2) is 6.61 Å². The van der Waals surface area contributed by atoms with Crippen molar-refractivity contribution in [1.29, 1.82) is 0 Å². The van der Waals surface area contributed by atoms with E-state index in [1.807, 2.05) is 18.2 Å². The molecule has 1 saturated heterocycles. The van der Waals surface area contributed by atoms with Gasteiger partial charge in [0.25, 0.3) is 5.91 Å². The van der Waals surface area contributed by atoms with Crippen molar-refractivity contribution in [3.05, 3.63) is 23.8 Å². The number of carbonyl (C=O) groups excluding carboxylic acids is 2. The van der Waals surface area contributed by atoms with Gasteiger partial charge in [-0.05, 0) is 17.7 Å². The molecule has 1 atom stereocenters. The zero-order valence-electron chi connectivity index (χ0n) is 10.8. The van der Waals surface area contributed by atoms with Crippen LogP contribution in [0.25, 0.3) is 0 Å². The minimum Gasteiger partial charge on any atom is -0.482 e. The van der Waals surface area contributed by atoms with E-state index in [0.717, 1.165) is 5.56 Å². The summed E-state index contributed by atoms with van der Waals surface area (Å²) in [5, 5.41) is 2.78. The Balaban J connectivity index is 1.92. The van der Waals surface area contributed by atoms with Gasteiger partial charge in [-0.25, -0.2) is 4.79 Å². The molecule has 0 spiro atoms. The fourth-order valence-corrected chi connectivity index (χ4v) is 2.50. The normalized spacial score (nSPS) is 22.1. The average molecular weight is 261 g/mol. The summed E-state index contributed by atoms with van der Waals surface area (Å²) in [6.45, 7) is 0.694. The second-order valence-electron chi connectivity index (χ2n) is 4.88. The van der Waals surface area contributed by atoms with Gasteiger partial charge < -0.3 is 19.9 Å². The molecule has 6 nitrogen and oxygen atoms in total. The van der Waals surface area contributed by atoms with Crippen LogP contribution in [-0.4, -0.2) is 49.0 Å². The van der Waals surface area contributed by atoms with Gasteiger partial charge in [-0.1, -0.05) is 6.07 Å². The summed E-state index contributed by atoms with van der Waals surface area (Å²) in [4.78, 5) is 26.5. The Hall–Kier alpha value is -2.24. The molecule has 1 unspecified atom stereocenters. The van der Waals surface area contributed by atoms with E-state index in [1.54, 1.807) is 23.9 Å². The van der Waals surface area contributed by atoms with Crippen LogP contribution in [0.15, 0.2) is 18.2 Å². The van der Waals surface area contributed by atoms with Crippen molar-refractivity contribution in [2.75, 3.05) is 32.6 Å². The number of nitrogens with one attached hydrogen (secondary N) is 1. The molecule has 0 aliphatic carbocycles. The summed E-state index contributed by atoms with van der Waals surface area (Å²) in [6, 6.07) is 5.65. The Morgan fingerprint density at radius 3 is 2.79 bits per heavy atom. The molecule has 1 fully saturated rings. The van der Waals surface area contributed by atoms with Crippen LogP contribution >= 0.6 is 0 Å². The number of urea groups is 1. The van der Waals surface area contributed by atoms with E-state index < -0.39 is 0 Å². The lowest BCUT2D eigenvalue weighted by molar-refractivity contribution is -0.118. The number of benzene rings is 1. The number of likely N-dealkylation sites (N-methyl/N-ethyl adjacent to an activating group) is 2. The number of carbonyl (C=O) groups is 2. The molecule has 2 aliphatic heterocycles. The van der Waals surface area contributed by atoms with Gasteiger partial charge in [0.05, 0.1) is 11.7 Å². The van der Waals surface area contributed by atoms with Gasteiger partial charge in [0, 0.05) is 20.6 Å². The van der Waals surface area contributed by atoms with Crippen LogP contribution < -0.4 is 10.1 Å². The molecule has 0 aromatic heterocycles. The van der Waals surface area contributed by atoms with Gasteiger partial charge in [-0.15, -0.1) is 0 Å². The maximum absolute atomic E-state index is 11.8. The van der Waals surface area contributed by atoms with Crippen LogP contribution in [0, 0.1) is 0 Å². The van der Waals surface area contributed by atoms with Crippen molar-refractivity contribution in [3.63, 3.8) is 0 Å². The topological polar surface area (TPSA) is 61.9 Å². The number of ether oxygens (including phenoxy) is 1. The molecule has 1 aromatic carbocycles. The van der Waals surface area contributed by atoms with E-state index in [4.69, 9.17) is 4.74 Å². The summed E-state index contributed by atoms with van der Waals surface area (Å²) in [7, 11) is 3.56. The number of rotatable bonds is 1.